The summed E-state index contributed by atoms with van der Waals surface area (Å²) in [6.45, 7) is 2.04. The predicted molar refractivity (Wildman–Crippen MR) is 97.0 cm³/mol. The Morgan fingerprint density at radius 3 is 2.52 bits per heavy atom. The minimum absolute atomic E-state index is 0.0274. The van der Waals surface area contributed by atoms with E-state index >= 15 is 0 Å². The van der Waals surface area contributed by atoms with Crippen LogP contribution in [0, 0.1) is 6.92 Å². The van der Waals surface area contributed by atoms with Gasteiger partial charge in [-0.1, -0.05) is 53.7 Å². The molecule has 25 heavy (non-hydrogen) atoms. The van der Waals surface area contributed by atoms with Crippen molar-refractivity contribution < 1.29 is 9.53 Å². The number of aryl methyl sites for hydroxylation is 1. The summed E-state index contributed by atoms with van der Waals surface area (Å²) in [7, 11) is 1.64. The molecule has 0 saturated carbocycles. The van der Waals surface area contributed by atoms with Crippen molar-refractivity contribution in [1.29, 1.82) is 0 Å². The van der Waals surface area contributed by atoms with E-state index in [1.165, 1.54) is 10.2 Å². The third kappa shape index (κ3) is 3.05. The summed E-state index contributed by atoms with van der Waals surface area (Å²) in [5.74, 6) is 1.37. The number of ether oxygens (including phenoxy) is 1. The van der Waals surface area contributed by atoms with Gasteiger partial charge in [0.2, 0.25) is 0 Å². The molecule has 1 unspecified atom stereocenters. The zero-order valence-corrected chi connectivity index (χ0v) is 14.8. The van der Waals surface area contributed by atoms with Crippen LogP contribution in [0.15, 0.2) is 53.7 Å². The normalized spacial score (nSPS) is 16.6. The van der Waals surface area contributed by atoms with Gasteiger partial charge in [-0.15, -0.1) is 5.10 Å². The molecule has 2 aromatic carbocycles. The van der Waals surface area contributed by atoms with E-state index in [0.717, 1.165) is 16.9 Å². The Labute approximate surface area is 150 Å². The number of nitrogens with zero attached hydrogens (tertiary/aromatic N) is 3. The molecule has 1 atom stereocenters. The van der Waals surface area contributed by atoms with Crippen LogP contribution < -0.4 is 4.74 Å². The maximum atomic E-state index is 12.5. The Kier molecular flexibility index (Phi) is 4.05. The van der Waals surface area contributed by atoms with Gasteiger partial charge in [0.25, 0.3) is 5.91 Å². The van der Waals surface area contributed by atoms with E-state index < -0.39 is 0 Å². The van der Waals surface area contributed by atoms with Crippen LogP contribution in [0.1, 0.15) is 27.6 Å². The molecule has 0 amide bonds. The van der Waals surface area contributed by atoms with Crippen molar-refractivity contribution in [2.45, 2.75) is 23.8 Å². The SMILES string of the molecule is COc1ccc(C2CC(=O)n3nc(-c4ccc(C)cc4)nc3S2)cc1. The summed E-state index contributed by atoms with van der Waals surface area (Å²) in [6, 6.07) is 15.8. The van der Waals surface area contributed by atoms with Crippen molar-refractivity contribution in [2.75, 3.05) is 7.11 Å². The third-order valence-electron chi connectivity index (χ3n) is 4.22. The fraction of sp³-hybridized carbons (Fsp3) is 0.211. The molecule has 0 aliphatic carbocycles. The fourth-order valence-electron chi connectivity index (χ4n) is 2.78. The Morgan fingerprint density at radius 1 is 1.12 bits per heavy atom. The first-order valence-electron chi connectivity index (χ1n) is 8.02. The van der Waals surface area contributed by atoms with Crippen molar-refractivity contribution in [3.8, 4) is 17.1 Å². The first kappa shape index (κ1) is 15.9. The minimum atomic E-state index is -0.0274. The van der Waals surface area contributed by atoms with Crippen LogP contribution in [-0.2, 0) is 0 Å². The topological polar surface area (TPSA) is 57.0 Å². The lowest BCUT2D eigenvalue weighted by Crippen LogP contribution is -2.20. The van der Waals surface area contributed by atoms with Gasteiger partial charge in [-0.3, -0.25) is 4.79 Å². The van der Waals surface area contributed by atoms with E-state index in [0.29, 0.717) is 17.4 Å². The first-order valence-corrected chi connectivity index (χ1v) is 8.90. The molecule has 0 fully saturated rings. The van der Waals surface area contributed by atoms with E-state index in [4.69, 9.17) is 4.74 Å². The molecule has 5 nitrogen and oxygen atoms in total. The molecule has 0 spiro atoms. The number of thioether (sulfide) groups is 1. The fourth-order valence-corrected chi connectivity index (χ4v) is 3.94. The number of hydrogen-bond donors (Lipinski definition) is 0. The zero-order chi connectivity index (χ0) is 17.4. The van der Waals surface area contributed by atoms with Crippen LogP contribution >= 0.6 is 11.8 Å². The third-order valence-corrected chi connectivity index (χ3v) is 5.42. The van der Waals surface area contributed by atoms with E-state index in [1.54, 1.807) is 18.9 Å². The second-order valence-corrected chi connectivity index (χ2v) is 7.14. The van der Waals surface area contributed by atoms with Crippen LogP contribution in [-0.4, -0.2) is 27.8 Å². The summed E-state index contributed by atoms with van der Waals surface area (Å²) >= 11 is 1.57. The zero-order valence-electron chi connectivity index (χ0n) is 14.0. The van der Waals surface area contributed by atoms with Crippen LogP contribution in [0.3, 0.4) is 0 Å². The van der Waals surface area contributed by atoms with Gasteiger partial charge in [-0.25, -0.2) is 4.98 Å². The predicted octanol–water partition coefficient (Wildman–Crippen LogP) is 4.14. The maximum Gasteiger partial charge on any atom is 0.250 e. The molecule has 126 valence electrons. The summed E-state index contributed by atoms with van der Waals surface area (Å²) in [5, 5.41) is 5.09. The van der Waals surface area contributed by atoms with Crippen molar-refractivity contribution >= 4 is 17.7 Å². The molecule has 0 bridgehead atoms. The second kappa shape index (κ2) is 6.37. The number of rotatable bonds is 3. The highest BCUT2D eigenvalue weighted by atomic mass is 32.2. The van der Waals surface area contributed by atoms with Gasteiger partial charge >= 0.3 is 0 Å². The molecule has 2 heterocycles. The molecule has 1 aliphatic heterocycles. The van der Waals surface area contributed by atoms with Gasteiger partial charge in [0, 0.05) is 17.2 Å². The summed E-state index contributed by atoms with van der Waals surface area (Å²) in [4.78, 5) is 17.1. The average molecular weight is 351 g/mol. The number of methoxy groups -OCH3 is 1. The van der Waals surface area contributed by atoms with E-state index in [-0.39, 0.29) is 11.2 Å². The second-order valence-electron chi connectivity index (χ2n) is 5.97. The van der Waals surface area contributed by atoms with Crippen molar-refractivity contribution in [3.05, 3.63) is 59.7 Å². The monoisotopic (exact) mass is 351 g/mol. The largest absolute Gasteiger partial charge is 0.497 e. The lowest BCUT2D eigenvalue weighted by Gasteiger charge is -2.20. The molecule has 4 rings (SSSR count). The number of benzene rings is 2. The summed E-state index contributed by atoms with van der Waals surface area (Å²) in [5.41, 5.74) is 3.19. The summed E-state index contributed by atoms with van der Waals surface area (Å²) in [6.07, 6.45) is 0.403. The highest BCUT2D eigenvalue weighted by Crippen LogP contribution is 2.41. The van der Waals surface area contributed by atoms with E-state index in [2.05, 4.69) is 10.1 Å². The van der Waals surface area contributed by atoms with Gasteiger partial charge in [-0.05, 0) is 24.6 Å². The van der Waals surface area contributed by atoms with Crippen molar-refractivity contribution in [1.82, 2.24) is 14.8 Å². The quantitative estimate of drug-likeness (QED) is 0.710. The number of hydrogen-bond acceptors (Lipinski definition) is 5. The standard InChI is InChI=1S/C19H17N3O2S/c1-12-3-5-14(6-4-12)18-20-19-22(21-18)17(23)11-16(25-19)13-7-9-15(24-2)10-8-13/h3-10,16H,11H2,1-2H3. The van der Waals surface area contributed by atoms with Crippen molar-refractivity contribution in [2.24, 2.45) is 0 Å². The lowest BCUT2D eigenvalue weighted by molar-refractivity contribution is 0.0868. The lowest BCUT2D eigenvalue weighted by atomic mass is 10.1. The van der Waals surface area contributed by atoms with Gasteiger partial charge in [0.15, 0.2) is 11.0 Å². The Bertz CT molecular complexity index is 917. The van der Waals surface area contributed by atoms with Crippen LogP contribution in [0.4, 0.5) is 0 Å². The average Bonchev–Trinajstić information content (AvgIpc) is 3.07. The van der Waals surface area contributed by atoms with Crippen LogP contribution in [0.25, 0.3) is 11.4 Å². The van der Waals surface area contributed by atoms with Crippen LogP contribution in [0.2, 0.25) is 0 Å². The molecule has 1 aromatic heterocycles. The Balaban J connectivity index is 1.63. The van der Waals surface area contributed by atoms with Crippen LogP contribution in [0.5, 0.6) is 5.75 Å². The molecule has 0 N–H and O–H groups in total. The molecule has 3 aromatic rings. The van der Waals surface area contributed by atoms with Crippen molar-refractivity contribution in [3.63, 3.8) is 0 Å². The highest BCUT2D eigenvalue weighted by Gasteiger charge is 2.30. The van der Waals surface area contributed by atoms with E-state index in [1.807, 2.05) is 55.5 Å². The molecule has 0 radical (unpaired) electrons. The molecular weight excluding hydrogens is 334 g/mol. The molecule has 0 saturated heterocycles. The smallest absolute Gasteiger partial charge is 0.250 e. The number of aromatic nitrogens is 3. The number of carbonyl (C=O) groups is 1. The van der Waals surface area contributed by atoms with Gasteiger partial charge < -0.3 is 4.74 Å². The maximum absolute atomic E-state index is 12.5. The minimum Gasteiger partial charge on any atom is -0.497 e. The molecule has 6 heteroatoms. The number of fused-ring (bicyclic) bond motifs is 1. The van der Waals surface area contributed by atoms with Gasteiger partial charge in [-0.2, -0.15) is 4.68 Å². The Hall–Kier alpha value is -2.60. The highest BCUT2D eigenvalue weighted by molar-refractivity contribution is 7.99. The number of carbonyl (C=O) groups excluding carboxylic acids is 1. The molecule has 1 aliphatic rings. The van der Waals surface area contributed by atoms with E-state index in [9.17, 15) is 4.79 Å². The molecular formula is C19H17N3O2S. The first-order chi connectivity index (χ1) is 12.1. The van der Waals surface area contributed by atoms with Gasteiger partial charge in [0.1, 0.15) is 5.75 Å². The Morgan fingerprint density at radius 2 is 1.84 bits per heavy atom. The van der Waals surface area contributed by atoms with Gasteiger partial charge in [0.05, 0.1) is 7.11 Å². The summed E-state index contributed by atoms with van der Waals surface area (Å²) < 4.78 is 6.62.